The highest BCUT2D eigenvalue weighted by molar-refractivity contribution is 6.09. The molecule has 58 heavy (non-hydrogen) atoms. The monoisotopic (exact) mass is 766 g/mol. The molecule has 5 heterocycles. The van der Waals surface area contributed by atoms with E-state index in [0.717, 1.165) is 118 Å². The predicted molar refractivity (Wildman–Crippen MR) is 247 cm³/mol. The Morgan fingerprint density at radius 2 is 0.914 bits per heavy atom. The van der Waals surface area contributed by atoms with Gasteiger partial charge >= 0.3 is 0 Å². The molecule has 8 bridgehead atoms. The highest BCUT2D eigenvalue weighted by Gasteiger charge is 2.30. The Labute approximate surface area is 344 Å². The second-order valence-corrected chi connectivity index (χ2v) is 15.5. The highest BCUT2D eigenvalue weighted by atomic mass is 16.5. The fourth-order valence-corrected chi connectivity index (χ4v) is 9.79. The minimum Gasteiger partial charge on any atom is -0.488 e. The number of benzene rings is 3. The van der Waals surface area contributed by atoms with Crippen LogP contribution in [0.5, 0.6) is 5.75 Å². The maximum atomic E-state index is 6.93. The molecule has 0 spiro atoms. The molecule has 5 nitrogen and oxygen atoms in total. The molecule has 3 aromatic heterocycles. The van der Waals surface area contributed by atoms with Gasteiger partial charge in [0.1, 0.15) is 12.4 Å². The first kappa shape index (κ1) is 39.2. The van der Waals surface area contributed by atoms with Crippen LogP contribution in [-0.2, 0) is 32.3 Å². The Morgan fingerprint density at radius 3 is 1.40 bits per heavy atom. The van der Waals surface area contributed by atoms with Gasteiger partial charge in [0.05, 0.1) is 22.8 Å². The van der Waals surface area contributed by atoms with Crippen molar-refractivity contribution < 1.29 is 4.74 Å². The minimum absolute atomic E-state index is 0.461. The summed E-state index contributed by atoms with van der Waals surface area (Å²) in [6.45, 7) is 18.7. The largest absolute Gasteiger partial charge is 0.488 e. The van der Waals surface area contributed by atoms with E-state index in [1.165, 1.54) is 55.6 Å². The van der Waals surface area contributed by atoms with Crippen molar-refractivity contribution >= 4 is 55.1 Å². The van der Waals surface area contributed by atoms with Crippen molar-refractivity contribution in [2.24, 2.45) is 0 Å². The molecule has 3 aromatic carbocycles. The van der Waals surface area contributed by atoms with Crippen LogP contribution >= 0.6 is 0 Å². The van der Waals surface area contributed by atoms with Crippen molar-refractivity contribution in [1.82, 2.24) is 19.9 Å². The Kier molecular flexibility index (Phi) is 11.2. The lowest BCUT2D eigenvalue weighted by Crippen LogP contribution is -2.01. The molecule has 0 amide bonds. The number of ether oxygens (including phenoxy) is 1. The van der Waals surface area contributed by atoms with Crippen LogP contribution in [0.15, 0.2) is 84.9 Å². The first-order chi connectivity index (χ1) is 28.4. The number of nitrogens with one attached hydrogen (secondary N) is 2. The van der Waals surface area contributed by atoms with Crippen molar-refractivity contribution in [3.05, 3.63) is 136 Å². The van der Waals surface area contributed by atoms with Crippen LogP contribution < -0.4 is 4.74 Å². The third-order valence-corrected chi connectivity index (χ3v) is 12.5. The first-order valence-electron chi connectivity index (χ1n) is 21.9. The summed E-state index contributed by atoms with van der Waals surface area (Å²) in [7, 11) is 0. The summed E-state index contributed by atoms with van der Waals surface area (Å²) in [5.74, 6) is 0.842. The Bertz CT molecular complexity index is 2640. The van der Waals surface area contributed by atoms with Crippen LogP contribution in [0.25, 0.3) is 66.3 Å². The zero-order chi connectivity index (χ0) is 40.5. The van der Waals surface area contributed by atoms with Gasteiger partial charge in [-0.25, -0.2) is 9.97 Å². The van der Waals surface area contributed by atoms with Crippen LogP contribution in [-0.4, -0.2) is 19.9 Å². The van der Waals surface area contributed by atoms with E-state index < -0.39 is 0 Å². The number of allylic oxidation sites excluding steroid dienone is 4. The van der Waals surface area contributed by atoms with Crippen molar-refractivity contribution in [1.29, 1.82) is 0 Å². The van der Waals surface area contributed by atoms with Gasteiger partial charge in [0, 0.05) is 33.2 Å². The quantitative estimate of drug-likeness (QED) is 0.130. The van der Waals surface area contributed by atoms with Gasteiger partial charge < -0.3 is 14.7 Å². The first-order valence-corrected chi connectivity index (χ1v) is 21.9. The van der Waals surface area contributed by atoms with E-state index in [0.29, 0.717) is 6.61 Å². The van der Waals surface area contributed by atoms with Crippen molar-refractivity contribution in [3.63, 3.8) is 0 Å². The molecule has 0 saturated carbocycles. The molecule has 5 heteroatoms. The smallest absolute Gasteiger partial charge is 0.128 e. The van der Waals surface area contributed by atoms with E-state index in [2.05, 4.69) is 150 Å². The number of H-pyrrole nitrogens is 2. The molecule has 2 N–H and O–H groups in total. The van der Waals surface area contributed by atoms with E-state index >= 15 is 0 Å². The molecule has 8 rings (SSSR count). The molecule has 2 aliphatic rings. The van der Waals surface area contributed by atoms with Gasteiger partial charge in [-0.15, -0.1) is 0 Å². The lowest BCUT2D eigenvalue weighted by Gasteiger charge is -2.19. The van der Waals surface area contributed by atoms with Gasteiger partial charge in [-0.1, -0.05) is 116 Å². The highest BCUT2D eigenvalue weighted by Crippen LogP contribution is 2.49. The fraction of sp³-hybridized carbons (Fsp3) is 0.321. The van der Waals surface area contributed by atoms with Crippen LogP contribution in [0.3, 0.4) is 0 Å². The van der Waals surface area contributed by atoms with Crippen molar-refractivity contribution in [2.75, 3.05) is 0 Å². The number of nitrogens with zero attached hydrogens (tertiary/aromatic N) is 2. The van der Waals surface area contributed by atoms with Crippen molar-refractivity contribution in [2.45, 2.75) is 113 Å². The number of aromatic amines is 2. The maximum absolute atomic E-state index is 6.93. The molecule has 0 saturated heterocycles. The Hall–Kier alpha value is -5.68. The molecule has 0 radical (unpaired) electrons. The topological polar surface area (TPSA) is 66.6 Å². The Balaban J connectivity index is 1.62. The van der Waals surface area contributed by atoms with Crippen LogP contribution in [0, 0.1) is 0 Å². The molecule has 0 atom stereocenters. The summed E-state index contributed by atoms with van der Waals surface area (Å²) in [6, 6.07) is 30.6. The zero-order valence-electron chi connectivity index (χ0n) is 35.7. The molecule has 0 aliphatic carbocycles. The molecule has 6 aromatic rings. The molecular formula is C53H58N4O. The third-order valence-electron chi connectivity index (χ3n) is 12.5. The normalized spacial score (nSPS) is 13.0. The molecular weight excluding hydrogens is 709 g/mol. The summed E-state index contributed by atoms with van der Waals surface area (Å²) in [5.41, 5.74) is 22.7. The average Bonchev–Trinajstić information content (AvgIpc) is 3.99. The van der Waals surface area contributed by atoms with Crippen molar-refractivity contribution in [3.8, 4) is 16.9 Å². The molecule has 2 aliphatic heterocycles. The van der Waals surface area contributed by atoms with Gasteiger partial charge in [-0.2, -0.15) is 0 Å². The van der Waals surface area contributed by atoms with E-state index in [4.69, 9.17) is 14.7 Å². The summed E-state index contributed by atoms with van der Waals surface area (Å²) in [6.07, 6.45) is 7.24. The van der Waals surface area contributed by atoms with Gasteiger partial charge in [-0.3, -0.25) is 0 Å². The van der Waals surface area contributed by atoms with Crippen LogP contribution in [0.1, 0.15) is 132 Å². The number of aryl methyl sites for hydroxylation is 4. The summed E-state index contributed by atoms with van der Waals surface area (Å²) in [4.78, 5) is 19.4. The van der Waals surface area contributed by atoms with Crippen LogP contribution in [0.4, 0.5) is 0 Å². The summed E-state index contributed by atoms with van der Waals surface area (Å²) < 4.78 is 6.93. The van der Waals surface area contributed by atoms with Gasteiger partial charge in [0.15, 0.2) is 0 Å². The number of fused-ring (bicyclic) bond motifs is 9. The van der Waals surface area contributed by atoms with Gasteiger partial charge in [-0.05, 0) is 137 Å². The minimum atomic E-state index is 0.461. The Morgan fingerprint density at radius 1 is 0.448 bits per heavy atom. The molecule has 296 valence electrons. The number of hydrogen-bond acceptors (Lipinski definition) is 3. The fourth-order valence-electron chi connectivity index (χ4n) is 9.79. The lowest BCUT2D eigenvalue weighted by molar-refractivity contribution is 0.308. The number of hydrogen-bond donors (Lipinski definition) is 2. The lowest BCUT2D eigenvalue weighted by atomic mass is 9.88. The van der Waals surface area contributed by atoms with Gasteiger partial charge in [0.25, 0.3) is 0 Å². The predicted octanol–water partition coefficient (Wildman–Crippen LogP) is 14.4. The number of rotatable bonds is 12. The molecule has 0 fully saturated rings. The van der Waals surface area contributed by atoms with E-state index in [1.54, 1.807) is 0 Å². The molecule has 0 unspecified atom stereocenters. The van der Waals surface area contributed by atoms with E-state index in [-0.39, 0.29) is 0 Å². The number of aromatic nitrogens is 4. The van der Waals surface area contributed by atoms with Crippen LogP contribution in [0.2, 0.25) is 0 Å². The summed E-state index contributed by atoms with van der Waals surface area (Å²) >= 11 is 0. The van der Waals surface area contributed by atoms with Gasteiger partial charge in [0.2, 0.25) is 0 Å². The maximum Gasteiger partial charge on any atom is 0.128 e. The van der Waals surface area contributed by atoms with E-state index in [9.17, 15) is 0 Å². The van der Waals surface area contributed by atoms with E-state index in [1.807, 2.05) is 0 Å². The zero-order valence-corrected chi connectivity index (χ0v) is 35.7. The average molecular weight is 767 g/mol. The second kappa shape index (κ2) is 16.7. The summed E-state index contributed by atoms with van der Waals surface area (Å²) in [5, 5.41) is 2.30. The third kappa shape index (κ3) is 6.68. The standard InChI is InChI=1S/C53H58N4O/c1-9-34-36(11-3)45-29-47-38(13-5)40(15-7)52(56-47)51(50-42-25-21-20-24-33(42)26-27-49(50)58-31-32-22-18-17-19-23-32)53-41(16-8)39(14-6)48(57-53)30-46-37(12-4)35(10-2)44(55-46)28-43(34)54-45/h17-30,54-55H,9-16,31H2,1-8H3. The SMILES string of the molecule is CCC1=C(CC)c2nc1cc1[nH]c(cc3[nH]c(cc4nc(c2-c2c(OCc5ccccc5)ccc5ccccc25)C(CC)=C4CC)c(CC)c3CC)c(CC)c1CC. The second-order valence-electron chi connectivity index (χ2n) is 15.5.